The molecule has 0 aliphatic rings. The summed E-state index contributed by atoms with van der Waals surface area (Å²) in [7, 11) is 1.71. The third-order valence-electron chi connectivity index (χ3n) is 3.43. The van der Waals surface area contributed by atoms with Gasteiger partial charge in [-0.15, -0.1) is 0 Å². The molecule has 1 rings (SSSR count). The third kappa shape index (κ3) is 7.76. The first kappa shape index (κ1) is 15.9. The van der Waals surface area contributed by atoms with E-state index in [1.807, 2.05) is 18.2 Å². The van der Waals surface area contributed by atoms with Gasteiger partial charge in [-0.25, -0.2) is 0 Å². The number of rotatable bonds is 11. The van der Waals surface area contributed by atoms with Crippen molar-refractivity contribution >= 4 is 5.69 Å². The van der Waals surface area contributed by atoms with E-state index in [0.717, 1.165) is 18.0 Å². The summed E-state index contributed by atoms with van der Waals surface area (Å²) < 4.78 is 5.21. The molecule has 0 aliphatic heterocycles. The summed E-state index contributed by atoms with van der Waals surface area (Å²) in [6.45, 7) is 3.33. The van der Waals surface area contributed by atoms with Gasteiger partial charge in [0.25, 0.3) is 0 Å². The van der Waals surface area contributed by atoms with E-state index in [1.165, 1.54) is 51.4 Å². The second kappa shape index (κ2) is 10.7. The van der Waals surface area contributed by atoms with E-state index in [0.29, 0.717) is 0 Å². The van der Waals surface area contributed by atoms with Gasteiger partial charge >= 0.3 is 0 Å². The van der Waals surface area contributed by atoms with Crippen molar-refractivity contribution in [2.24, 2.45) is 0 Å². The van der Waals surface area contributed by atoms with Crippen molar-refractivity contribution in [2.45, 2.75) is 58.3 Å². The number of benzene rings is 1. The zero-order valence-corrected chi connectivity index (χ0v) is 12.6. The summed E-state index contributed by atoms with van der Waals surface area (Å²) in [5.74, 6) is 0.918. The topological polar surface area (TPSA) is 21.3 Å². The average molecular weight is 263 g/mol. The molecule has 1 N–H and O–H groups in total. The van der Waals surface area contributed by atoms with Gasteiger partial charge in [-0.05, 0) is 18.6 Å². The van der Waals surface area contributed by atoms with Crippen molar-refractivity contribution in [2.75, 3.05) is 19.0 Å². The van der Waals surface area contributed by atoms with Crippen LogP contribution in [0.25, 0.3) is 0 Å². The molecule has 0 atom stereocenters. The van der Waals surface area contributed by atoms with Crippen LogP contribution >= 0.6 is 0 Å². The molecule has 1 aromatic rings. The van der Waals surface area contributed by atoms with Gasteiger partial charge in [0.05, 0.1) is 7.11 Å². The lowest BCUT2D eigenvalue weighted by Gasteiger charge is -2.08. The fourth-order valence-electron chi connectivity index (χ4n) is 2.22. The van der Waals surface area contributed by atoms with Gasteiger partial charge in [-0.1, -0.05) is 57.9 Å². The molecule has 0 unspecified atom stereocenters. The normalized spacial score (nSPS) is 10.4. The van der Waals surface area contributed by atoms with Crippen molar-refractivity contribution in [3.63, 3.8) is 0 Å². The van der Waals surface area contributed by atoms with E-state index in [4.69, 9.17) is 4.74 Å². The molecule has 0 saturated heterocycles. The minimum atomic E-state index is 0.918. The fraction of sp³-hybridized carbons (Fsp3) is 0.647. The zero-order chi connectivity index (χ0) is 13.8. The molecular weight excluding hydrogens is 234 g/mol. The number of methoxy groups -OCH3 is 1. The molecule has 108 valence electrons. The molecule has 0 fully saturated rings. The van der Waals surface area contributed by atoms with E-state index in [9.17, 15) is 0 Å². The van der Waals surface area contributed by atoms with E-state index in [2.05, 4.69) is 18.3 Å². The third-order valence-corrected chi connectivity index (χ3v) is 3.43. The molecule has 2 heteroatoms. The second-order valence-corrected chi connectivity index (χ2v) is 5.13. The number of hydrogen-bond donors (Lipinski definition) is 1. The Bertz CT molecular complexity index is 325. The SMILES string of the molecule is CCCCCCCCCCNc1cccc(OC)c1. The Morgan fingerprint density at radius 1 is 0.947 bits per heavy atom. The molecule has 2 nitrogen and oxygen atoms in total. The minimum Gasteiger partial charge on any atom is -0.497 e. The van der Waals surface area contributed by atoms with Gasteiger partial charge in [0, 0.05) is 18.3 Å². The molecule has 0 bridgehead atoms. The molecule has 19 heavy (non-hydrogen) atoms. The van der Waals surface area contributed by atoms with Crippen LogP contribution in [0.1, 0.15) is 58.3 Å². The fourth-order valence-corrected chi connectivity index (χ4v) is 2.22. The van der Waals surface area contributed by atoms with Crippen LogP contribution in [0.3, 0.4) is 0 Å². The van der Waals surface area contributed by atoms with Crippen LogP contribution in [0, 0.1) is 0 Å². The van der Waals surface area contributed by atoms with Crippen LogP contribution in [0.15, 0.2) is 24.3 Å². The second-order valence-electron chi connectivity index (χ2n) is 5.13. The highest BCUT2D eigenvalue weighted by atomic mass is 16.5. The Balaban J connectivity index is 1.98. The molecule has 0 saturated carbocycles. The molecule has 1 aromatic carbocycles. The Hall–Kier alpha value is -1.18. The lowest BCUT2D eigenvalue weighted by atomic mass is 10.1. The molecule has 0 spiro atoms. The van der Waals surface area contributed by atoms with Gasteiger partial charge < -0.3 is 10.1 Å². The maximum atomic E-state index is 5.21. The summed E-state index contributed by atoms with van der Waals surface area (Å²) in [5, 5.41) is 3.45. The summed E-state index contributed by atoms with van der Waals surface area (Å²) in [5.41, 5.74) is 1.15. The summed E-state index contributed by atoms with van der Waals surface area (Å²) in [4.78, 5) is 0. The molecule has 0 aliphatic carbocycles. The van der Waals surface area contributed by atoms with Gasteiger partial charge in [-0.2, -0.15) is 0 Å². The smallest absolute Gasteiger partial charge is 0.120 e. The number of hydrogen-bond acceptors (Lipinski definition) is 2. The van der Waals surface area contributed by atoms with Gasteiger partial charge in [0.1, 0.15) is 5.75 Å². The van der Waals surface area contributed by atoms with Gasteiger partial charge in [0.2, 0.25) is 0 Å². The highest BCUT2D eigenvalue weighted by molar-refractivity contribution is 5.47. The van der Waals surface area contributed by atoms with E-state index >= 15 is 0 Å². The highest BCUT2D eigenvalue weighted by Crippen LogP contribution is 2.16. The lowest BCUT2D eigenvalue weighted by molar-refractivity contribution is 0.415. The maximum Gasteiger partial charge on any atom is 0.120 e. The van der Waals surface area contributed by atoms with Crippen molar-refractivity contribution in [3.05, 3.63) is 24.3 Å². The largest absolute Gasteiger partial charge is 0.497 e. The molecule has 0 radical (unpaired) electrons. The van der Waals surface area contributed by atoms with Crippen molar-refractivity contribution < 1.29 is 4.74 Å². The molecular formula is C17H29NO. The highest BCUT2D eigenvalue weighted by Gasteiger charge is 1.95. The molecule has 0 aromatic heterocycles. The van der Waals surface area contributed by atoms with E-state index in [-0.39, 0.29) is 0 Å². The summed E-state index contributed by atoms with van der Waals surface area (Å²) in [6, 6.07) is 8.13. The van der Waals surface area contributed by atoms with Gasteiger partial charge in [0.15, 0.2) is 0 Å². The predicted octanol–water partition coefficient (Wildman–Crippen LogP) is 5.25. The number of unbranched alkanes of at least 4 members (excludes halogenated alkanes) is 7. The van der Waals surface area contributed by atoms with Crippen LogP contribution in [0.4, 0.5) is 5.69 Å². The first-order chi connectivity index (χ1) is 9.36. The van der Waals surface area contributed by atoms with Crippen LogP contribution in [-0.2, 0) is 0 Å². The summed E-state index contributed by atoms with van der Waals surface area (Å²) in [6.07, 6.45) is 10.9. The van der Waals surface area contributed by atoms with Gasteiger partial charge in [-0.3, -0.25) is 0 Å². The van der Waals surface area contributed by atoms with E-state index in [1.54, 1.807) is 7.11 Å². The van der Waals surface area contributed by atoms with Crippen LogP contribution < -0.4 is 10.1 Å². The summed E-state index contributed by atoms with van der Waals surface area (Å²) >= 11 is 0. The number of anilines is 1. The first-order valence-corrected chi connectivity index (χ1v) is 7.74. The quantitative estimate of drug-likeness (QED) is 0.551. The zero-order valence-electron chi connectivity index (χ0n) is 12.6. The standard InChI is InChI=1S/C17H29NO/c1-3-4-5-6-7-8-9-10-14-18-16-12-11-13-17(15-16)19-2/h11-13,15,18H,3-10,14H2,1-2H3. The first-order valence-electron chi connectivity index (χ1n) is 7.74. The predicted molar refractivity (Wildman–Crippen MR) is 84.1 cm³/mol. The Morgan fingerprint density at radius 2 is 1.63 bits per heavy atom. The van der Waals surface area contributed by atoms with Crippen LogP contribution in [0.5, 0.6) is 5.75 Å². The molecule has 0 heterocycles. The van der Waals surface area contributed by atoms with Crippen molar-refractivity contribution in [3.8, 4) is 5.75 Å². The number of nitrogens with one attached hydrogen (secondary N) is 1. The average Bonchev–Trinajstić information content (AvgIpc) is 2.46. The molecule has 0 amide bonds. The maximum absolute atomic E-state index is 5.21. The Labute approximate surface area is 118 Å². The monoisotopic (exact) mass is 263 g/mol. The van der Waals surface area contributed by atoms with Crippen LogP contribution in [0.2, 0.25) is 0 Å². The lowest BCUT2D eigenvalue weighted by Crippen LogP contribution is -2.01. The van der Waals surface area contributed by atoms with Crippen LogP contribution in [-0.4, -0.2) is 13.7 Å². The minimum absolute atomic E-state index is 0.918. The Morgan fingerprint density at radius 3 is 2.32 bits per heavy atom. The van der Waals surface area contributed by atoms with E-state index < -0.39 is 0 Å². The number of ether oxygens (including phenoxy) is 1. The van der Waals surface area contributed by atoms with Crippen molar-refractivity contribution in [1.82, 2.24) is 0 Å². The Kier molecular flexibility index (Phi) is 8.95. The van der Waals surface area contributed by atoms with Crippen molar-refractivity contribution in [1.29, 1.82) is 0 Å².